The van der Waals surface area contributed by atoms with Crippen LogP contribution >= 0.6 is 0 Å². The highest BCUT2D eigenvalue weighted by atomic mass is 32.2. The van der Waals surface area contributed by atoms with E-state index in [1.54, 1.807) is 6.92 Å². The Kier molecular flexibility index (Phi) is 3.93. The first kappa shape index (κ1) is 14.4. The first-order valence-electron chi connectivity index (χ1n) is 5.87. The van der Waals surface area contributed by atoms with Gasteiger partial charge in [0.15, 0.2) is 12.5 Å². The van der Waals surface area contributed by atoms with E-state index in [2.05, 4.69) is 0 Å². The summed E-state index contributed by atoms with van der Waals surface area (Å²) in [4.78, 5) is 0. The average molecular weight is 287 g/mol. The van der Waals surface area contributed by atoms with Gasteiger partial charge >= 0.3 is 10.3 Å². The van der Waals surface area contributed by atoms with Crippen LogP contribution in [0.2, 0.25) is 0 Å². The highest BCUT2D eigenvalue weighted by Crippen LogP contribution is 2.35. The molecule has 1 N–H and O–H groups in total. The van der Waals surface area contributed by atoms with E-state index < -0.39 is 28.9 Å². The van der Waals surface area contributed by atoms with Crippen LogP contribution < -0.4 is 0 Å². The molecule has 0 bridgehead atoms. The summed E-state index contributed by atoms with van der Waals surface area (Å²) in [5, 5.41) is 0. The standard InChI is InChI=1S/C12H17NO5S/c1-8-6-4-5-7-10(8)11-12(18-9(2)17-11)13(3)19(14,15)16/h4-7,9,11-12H,1-3H3,(H,14,15,16). The molecule has 3 atom stereocenters. The second-order valence-electron chi connectivity index (χ2n) is 4.50. The quantitative estimate of drug-likeness (QED) is 0.852. The summed E-state index contributed by atoms with van der Waals surface area (Å²) >= 11 is 0. The molecule has 6 nitrogen and oxygen atoms in total. The molecule has 1 aromatic rings. The molecule has 1 aromatic carbocycles. The van der Waals surface area contributed by atoms with Crippen molar-refractivity contribution >= 4 is 10.3 Å². The Morgan fingerprint density at radius 1 is 1.26 bits per heavy atom. The molecule has 0 aliphatic carbocycles. The van der Waals surface area contributed by atoms with E-state index >= 15 is 0 Å². The number of aryl methyl sites for hydroxylation is 1. The van der Waals surface area contributed by atoms with Gasteiger partial charge in [0.1, 0.15) is 6.10 Å². The molecule has 1 heterocycles. The lowest BCUT2D eigenvalue weighted by molar-refractivity contribution is -0.0638. The van der Waals surface area contributed by atoms with Crippen LogP contribution in [0.25, 0.3) is 0 Å². The molecule has 7 heteroatoms. The Morgan fingerprint density at radius 3 is 2.47 bits per heavy atom. The summed E-state index contributed by atoms with van der Waals surface area (Å²) in [6, 6.07) is 7.50. The number of benzene rings is 1. The van der Waals surface area contributed by atoms with Crippen LogP contribution in [0.15, 0.2) is 24.3 Å². The zero-order chi connectivity index (χ0) is 14.2. The Labute approximate surface area is 112 Å². The van der Waals surface area contributed by atoms with Gasteiger partial charge in [-0.1, -0.05) is 24.3 Å². The van der Waals surface area contributed by atoms with Crippen LogP contribution in [-0.4, -0.2) is 36.8 Å². The summed E-state index contributed by atoms with van der Waals surface area (Å²) in [5.74, 6) is 0. The molecule has 1 aliphatic heterocycles. The predicted molar refractivity (Wildman–Crippen MR) is 68.7 cm³/mol. The number of hydrogen-bond donors (Lipinski definition) is 1. The van der Waals surface area contributed by atoms with Crippen molar-refractivity contribution in [3.63, 3.8) is 0 Å². The van der Waals surface area contributed by atoms with Gasteiger partial charge in [0, 0.05) is 7.05 Å². The lowest BCUT2D eigenvalue weighted by Gasteiger charge is -2.24. The average Bonchev–Trinajstić information content (AvgIpc) is 2.69. The van der Waals surface area contributed by atoms with Crippen molar-refractivity contribution in [1.29, 1.82) is 0 Å². The maximum absolute atomic E-state index is 11.2. The van der Waals surface area contributed by atoms with Gasteiger partial charge in [-0.15, -0.1) is 0 Å². The van der Waals surface area contributed by atoms with E-state index in [0.717, 1.165) is 15.4 Å². The second kappa shape index (κ2) is 5.18. The fraction of sp³-hybridized carbons (Fsp3) is 0.500. The van der Waals surface area contributed by atoms with Crippen LogP contribution in [0.5, 0.6) is 0 Å². The number of rotatable bonds is 3. The molecule has 2 rings (SSSR count). The first-order valence-corrected chi connectivity index (χ1v) is 7.27. The molecule has 0 amide bonds. The van der Waals surface area contributed by atoms with Gasteiger partial charge in [-0.25, -0.2) is 0 Å². The molecule has 3 unspecified atom stereocenters. The van der Waals surface area contributed by atoms with Gasteiger partial charge in [0.25, 0.3) is 0 Å². The fourth-order valence-corrected chi connectivity index (χ4v) is 2.54. The lowest BCUT2D eigenvalue weighted by atomic mass is 10.0. The highest BCUT2D eigenvalue weighted by Gasteiger charge is 2.42. The fourth-order valence-electron chi connectivity index (χ4n) is 2.11. The molecule has 1 aliphatic rings. The second-order valence-corrected chi connectivity index (χ2v) is 5.97. The van der Waals surface area contributed by atoms with Crippen LogP contribution in [0.3, 0.4) is 0 Å². The zero-order valence-corrected chi connectivity index (χ0v) is 11.8. The number of nitrogens with zero attached hydrogens (tertiary/aromatic N) is 1. The molecule has 0 aromatic heterocycles. The Morgan fingerprint density at radius 2 is 1.89 bits per heavy atom. The monoisotopic (exact) mass is 287 g/mol. The lowest BCUT2D eigenvalue weighted by Crippen LogP contribution is -2.39. The Bertz CT molecular complexity index is 559. The molecule has 106 valence electrons. The predicted octanol–water partition coefficient (Wildman–Crippen LogP) is 1.49. The smallest absolute Gasteiger partial charge is 0.337 e. The third kappa shape index (κ3) is 2.96. The molecule has 0 saturated carbocycles. The van der Waals surface area contributed by atoms with Crippen molar-refractivity contribution in [2.24, 2.45) is 0 Å². The van der Waals surface area contributed by atoms with Crippen molar-refractivity contribution in [3.05, 3.63) is 35.4 Å². The van der Waals surface area contributed by atoms with E-state index in [1.165, 1.54) is 7.05 Å². The maximum atomic E-state index is 11.2. The van der Waals surface area contributed by atoms with Gasteiger partial charge < -0.3 is 9.47 Å². The van der Waals surface area contributed by atoms with E-state index in [0.29, 0.717) is 0 Å². The SMILES string of the molecule is Cc1ccccc1C1OC(C)OC1N(C)S(=O)(=O)O. The van der Waals surface area contributed by atoms with Crippen molar-refractivity contribution in [3.8, 4) is 0 Å². The summed E-state index contributed by atoms with van der Waals surface area (Å²) < 4.78 is 43.4. The van der Waals surface area contributed by atoms with Crippen molar-refractivity contribution in [2.75, 3.05) is 7.05 Å². The third-order valence-corrected chi connectivity index (χ3v) is 4.08. The topological polar surface area (TPSA) is 76.1 Å². The molecular formula is C12H17NO5S. The minimum atomic E-state index is -4.34. The van der Waals surface area contributed by atoms with Crippen LogP contribution in [0.1, 0.15) is 24.2 Å². The van der Waals surface area contributed by atoms with Crippen molar-refractivity contribution < 1.29 is 22.4 Å². The minimum absolute atomic E-state index is 0.543. The molecular weight excluding hydrogens is 270 g/mol. The summed E-state index contributed by atoms with van der Waals surface area (Å²) in [5.41, 5.74) is 1.81. The van der Waals surface area contributed by atoms with E-state index in [4.69, 9.17) is 14.0 Å². The maximum Gasteiger partial charge on any atom is 0.337 e. The van der Waals surface area contributed by atoms with Gasteiger partial charge in [-0.05, 0) is 25.0 Å². The zero-order valence-electron chi connectivity index (χ0n) is 11.0. The Hall–Kier alpha value is -0.990. The van der Waals surface area contributed by atoms with Gasteiger partial charge in [-0.2, -0.15) is 12.7 Å². The molecule has 0 spiro atoms. The number of likely N-dealkylation sites (N-methyl/N-ethyl adjacent to an activating group) is 1. The van der Waals surface area contributed by atoms with E-state index in [9.17, 15) is 8.42 Å². The normalized spacial score (nSPS) is 27.9. The molecule has 1 fully saturated rings. The Balaban J connectivity index is 2.36. The summed E-state index contributed by atoms with van der Waals surface area (Å²) in [6.07, 6.45) is -1.99. The summed E-state index contributed by atoms with van der Waals surface area (Å²) in [7, 11) is -3.08. The third-order valence-electron chi connectivity index (χ3n) is 3.15. The van der Waals surface area contributed by atoms with Gasteiger partial charge in [0.05, 0.1) is 0 Å². The molecule has 0 radical (unpaired) electrons. The summed E-state index contributed by atoms with van der Waals surface area (Å²) in [6.45, 7) is 3.59. The van der Waals surface area contributed by atoms with Crippen LogP contribution in [0.4, 0.5) is 0 Å². The minimum Gasteiger partial charge on any atom is -0.341 e. The van der Waals surface area contributed by atoms with Gasteiger partial charge in [-0.3, -0.25) is 4.55 Å². The van der Waals surface area contributed by atoms with E-state index in [1.807, 2.05) is 31.2 Å². The first-order chi connectivity index (χ1) is 8.80. The van der Waals surface area contributed by atoms with Crippen LogP contribution in [-0.2, 0) is 19.8 Å². The van der Waals surface area contributed by atoms with E-state index in [-0.39, 0.29) is 0 Å². The van der Waals surface area contributed by atoms with Crippen molar-refractivity contribution in [1.82, 2.24) is 4.31 Å². The van der Waals surface area contributed by atoms with Crippen LogP contribution in [0, 0.1) is 6.92 Å². The largest absolute Gasteiger partial charge is 0.341 e. The molecule has 1 saturated heterocycles. The van der Waals surface area contributed by atoms with Gasteiger partial charge in [0.2, 0.25) is 0 Å². The highest BCUT2D eigenvalue weighted by molar-refractivity contribution is 7.83. The molecule has 19 heavy (non-hydrogen) atoms. The number of ether oxygens (including phenoxy) is 2. The van der Waals surface area contributed by atoms with Crippen molar-refractivity contribution in [2.45, 2.75) is 32.5 Å². The number of hydrogen-bond acceptors (Lipinski definition) is 4.